The van der Waals surface area contributed by atoms with E-state index < -0.39 is 6.10 Å². The smallest absolute Gasteiger partial charge is 0.191 e. The molecule has 2 aromatic heterocycles. The van der Waals surface area contributed by atoms with Crippen molar-refractivity contribution in [3.05, 3.63) is 52.5 Å². The topological polar surface area (TPSA) is 69.5 Å². The molecule has 0 spiro atoms. The molecule has 0 aliphatic heterocycles. The van der Waals surface area contributed by atoms with Crippen molar-refractivity contribution in [1.82, 2.24) is 15.6 Å². The zero-order valence-corrected chi connectivity index (χ0v) is 17.1. The first kappa shape index (κ1) is 20.9. The summed E-state index contributed by atoms with van der Waals surface area (Å²) in [5.41, 5.74) is 2.15. The zero-order valence-electron chi connectivity index (χ0n) is 14.0. The Labute approximate surface area is 164 Å². The number of aliphatic hydroxyl groups is 1. The van der Waals surface area contributed by atoms with Crippen molar-refractivity contribution in [2.45, 2.75) is 25.9 Å². The molecule has 0 aliphatic rings. The summed E-state index contributed by atoms with van der Waals surface area (Å²) in [4.78, 5) is 8.57. The van der Waals surface area contributed by atoms with Crippen molar-refractivity contribution in [2.75, 3.05) is 19.6 Å². The van der Waals surface area contributed by atoms with Crippen LogP contribution in [0.5, 0.6) is 0 Å². The largest absolute Gasteiger partial charge is 0.387 e. The van der Waals surface area contributed by atoms with Crippen LogP contribution in [0.15, 0.2) is 46.3 Å². The minimum atomic E-state index is -0.587. The fourth-order valence-corrected chi connectivity index (χ4v) is 2.91. The molecule has 2 heterocycles. The number of hydrogen-bond donors (Lipinski definition) is 3. The third-order valence-corrected chi connectivity index (χ3v) is 4.23. The first-order valence-corrected chi connectivity index (χ1v) is 8.77. The number of thiophene rings is 1. The molecule has 5 nitrogen and oxygen atoms in total. The molecule has 0 radical (unpaired) electrons. The Hall–Kier alpha value is -1.19. The number of guanidine groups is 1. The van der Waals surface area contributed by atoms with Gasteiger partial charge in [0.25, 0.3) is 0 Å². The van der Waals surface area contributed by atoms with E-state index in [1.54, 1.807) is 23.7 Å². The summed E-state index contributed by atoms with van der Waals surface area (Å²) >= 11 is 1.71. The van der Waals surface area contributed by atoms with Crippen molar-refractivity contribution >= 4 is 41.3 Å². The Bertz CT molecular complexity index is 592. The quantitative estimate of drug-likeness (QED) is 0.338. The molecule has 24 heavy (non-hydrogen) atoms. The summed E-state index contributed by atoms with van der Waals surface area (Å²) < 4.78 is 0. The Morgan fingerprint density at radius 3 is 2.62 bits per heavy atom. The Kier molecular flexibility index (Phi) is 9.89. The van der Waals surface area contributed by atoms with Crippen molar-refractivity contribution in [2.24, 2.45) is 4.99 Å². The van der Waals surface area contributed by atoms with E-state index in [0.717, 1.165) is 18.1 Å². The van der Waals surface area contributed by atoms with Crippen LogP contribution >= 0.6 is 35.3 Å². The van der Waals surface area contributed by atoms with Crippen LogP contribution in [-0.4, -0.2) is 35.7 Å². The van der Waals surface area contributed by atoms with Crippen LogP contribution in [0, 0.1) is 0 Å². The van der Waals surface area contributed by atoms with Gasteiger partial charge in [-0.05, 0) is 47.0 Å². The first-order chi connectivity index (χ1) is 11.2. The molecule has 0 saturated heterocycles. The van der Waals surface area contributed by atoms with Gasteiger partial charge in [0.1, 0.15) is 0 Å². The molecular weight excluding hydrogens is 435 g/mol. The number of nitrogens with zero attached hydrogens (tertiary/aromatic N) is 2. The van der Waals surface area contributed by atoms with Crippen molar-refractivity contribution in [1.29, 1.82) is 0 Å². The maximum atomic E-state index is 10.2. The second-order valence-corrected chi connectivity index (χ2v) is 6.13. The van der Waals surface area contributed by atoms with E-state index in [1.807, 2.05) is 19.1 Å². The monoisotopic (exact) mass is 460 g/mol. The van der Waals surface area contributed by atoms with Crippen LogP contribution < -0.4 is 10.6 Å². The number of aliphatic imine (C=N–C) groups is 1. The average Bonchev–Trinajstić information content (AvgIpc) is 3.12. The zero-order chi connectivity index (χ0) is 16.5. The van der Waals surface area contributed by atoms with Gasteiger partial charge in [0.2, 0.25) is 0 Å². The van der Waals surface area contributed by atoms with Crippen LogP contribution in [0.25, 0.3) is 0 Å². The van der Waals surface area contributed by atoms with Gasteiger partial charge >= 0.3 is 0 Å². The molecule has 0 fully saturated rings. The molecule has 7 heteroatoms. The molecule has 132 valence electrons. The Morgan fingerprint density at radius 2 is 2.00 bits per heavy atom. The lowest BCUT2D eigenvalue weighted by Crippen LogP contribution is -2.39. The first-order valence-electron chi connectivity index (χ1n) is 7.83. The van der Waals surface area contributed by atoms with Crippen molar-refractivity contribution in [3.8, 4) is 0 Å². The number of aliphatic hydroxyl groups excluding tert-OH is 1. The lowest BCUT2D eigenvalue weighted by molar-refractivity contribution is 0.180. The molecule has 0 amide bonds. The molecule has 0 aliphatic carbocycles. The number of nitrogens with one attached hydrogen (secondary N) is 2. The maximum absolute atomic E-state index is 10.2. The van der Waals surface area contributed by atoms with E-state index in [9.17, 15) is 5.11 Å². The lowest BCUT2D eigenvalue weighted by atomic mass is 10.1. The summed E-state index contributed by atoms with van der Waals surface area (Å²) in [5, 5.41) is 20.8. The van der Waals surface area contributed by atoms with E-state index in [1.165, 1.54) is 5.56 Å². The van der Waals surface area contributed by atoms with Gasteiger partial charge in [-0.25, -0.2) is 0 Å². The average molecular weight is 460 g/mol. The van der Waals surface area contributed by atoms with Gasteiger partial charge in [-0.15, -0.1) is 24.0 Å². The van der Waals surface area contributed by atoms with E-state index in [2.05, 4.69) is 44.4 Å². The highest BCUT2D eigenvalue weighted by molar-refractivity contribution is 14.0. The predicted octanol–water partition coefficient (Wildman–Crippen LogP) is 3.15. The van der Waals surface area contributed by atoms with Gasteiger partial charge in [0.05, 0.1) is 6.10 Å². The highest BCUT2D eigenvalue weighted by Gasteiger charge is 2.09. The van der Waals surface area contributed by atoms with Gasteiger partial charge in [-0.2, -0.15) is 11.3 Å². The summed E-state index contributed by atoms with van der Waals surface area (Å²) in [6.07, 6.45) is 2.77. The summed E-state index contributed by atoms with van der Waals surface area (Å²) in [5.74, 6) is 1.10. The Balaban J connectivity index is 0.00000288. The number of hydrogen-bond acceptors (Lipinski definition) is 4. The van der Waals surface area contributed by atoms with Crippen molar-refractivity contribution < 1.29 is 5.11 Å². The lowest BCUT2D eigenvalue weighted by Gasteiger charge is -2.16. The van der Waals surface area contributed by atoms with E-state index >= 15 is 0 Å². The molecule has 0 aromatic carbocycles. The van der Waals surface area contributed by atoms with Crippen LogP contribution in [0.3, 0.4) is 0 Å². The van der Waals surface area contributed by atoms with Gasteiger partial charge in [-0.1, -0.05) is 6.92 Å². The Morgan fingerprint density at radius 1 is 1.25 bits per heavy atom. The summed E-state index contributed by atoms with van der Waals surface area (Å²) in [7, 11) is 0. The number of halogens is 1. The maximum Gasteiger partial charge on any atom is 0.191 e. The molecule has 3 N–H and O–H groups in total. The van der Waals surface area contributed by atoms with Gasteiger partial charge in [0.15, 0.2) is 5.96 Å². The van der Waals surface area contributed by atoms with E-state index in [-0.39, 0.29) is 24.0 Å². The van der Waals surface area contributed by atoms with Crippen LogP contribution in [0.1, 0.15) is 37.0 Å². The van der Waals surface area contributed by atoms with E-state index in [0.29, 0.717) is 19.0 Å². The van der Waals surface area contributed by atoms with Crippen LogP contribution in [0.2, 0.25) is 0 Å². The van der Waals surface area contributed by atoms with E-state index in [4.69, 9.17) is 0 Å². The van der Waals surface area contributed by atoms with Gasteiger partial charge in [-0.3, -0.25) is 9.98 Å². The molecular formula is C17H25IN4OS. The normalized spacial score (nSPS) is 13.7. The standard InChI is InChI=1S/C17H24N4OS.HI/c1-3-19-17(20-10-13(2)15-6-9-23-12-15)21-11-16(22)14-4-7-18-8-5-14;/h4-9,12-13,16,22H,3,10-11H2,1-2H3,(H2,19,20,21);1H. The SMILES string of the molecule is CCNC(=NCC(C)c1ccsc1)NCC(O)c1ccncc1.I. The fourth-order valence-electron chi connectivity index (χ4n) is 2.13. The molecule has 0 bridgehead atoms. The minimum Gasteiger partial charge on any atom is -0.387 e. The highest BCUT2D eigenvalue weighted by Crippen LogP contribution is 2.18. The summed E-state index contributed by atoms with van der Waals surface area (Å²) in [6.45, 7) is 6.09. The second-order valence-electron chi connectivity index (χ2n) is 5.35. The molecule has 0 saturated carbocycles. The molecule has 2 aromatic rings. The highest BCUT2D eigenvalue weighted by atomic mass is 127. The second kappa shape index (κ2) is 11.4. The third-order valence-electron chi connectivity index (χ3n) is 3.53. The molecule has 2 rings (SSSR count). The molecule has 2 unspecified atom stereocenters. The van der Waals surface area contributed by atoms with Crippen molar-refractivity contribution in [3.63, 3.8) is 0 Å². The van der Waals surface area contributed by atoms with Gasteiger partial charge in [0, 0.05) is 37.9 Å². The van der Waals surface area contributed by atoms with Crippen LogP contribution in [-0.2, 0) is 0 Å². The fraction of sp³-hybridized carbons (Fsp3) is 0.412. The number of aromatic nitrogens is 1. The minimum absolute atomic E-state index is 0. The number of rotatable bonds is 7. The number of pyridine rings is 1. The molecule has 2 atom stereocenters. The third kappa shape index (κ3) is 6.74. The van der Waals surface area contributed by atoms with Gasteiger partial charge < -0.3 is 15.7 Å². The van der Waals surface area contributed by atoms with Crippen LogP contribution in [0.4, 0.5) is 0 Å². The predicted molar refractivity (Wildman–Crippen MR) is 111 cm³/mol. The summed E-state index contributed by atoms with van der Waals surface area (Å²) in [6, 6.07) is 5.77.